The quantitative estimate of drug-likeness (QED) is 0.332. The summed E-state index contributed by atoms with van der Waals surface area (Å²) in [6.45, 7) is 0.633. The van der Waals surface area contributed by atoms with Crippen LogP contribution in [0.15, 0.2) is 0 Å². The van der Waals surface area contributed by atoms with E-state index in [1.807, 2.05) is 0 Å². The van der Waals surface area contributed by atoms with Gasteiger partial charge in [-0.25, -0.2) is 9.59 Å². The summed E-state index contributed by atoms with van der Waals surface area (Å²) < 4.78 is 0. The molecule has 0 bridgehead atoms. The summed E-state index contributed by atoms with van der Waals surface area (Å²) in [5.74, 6) is 0.867. The summed E-state index contributed by atoms with van der Waals surface area (Å²) in [4.78, 5) is 45.8. The molecule has 2 saturated heterocycles. The van der Waals surface area contributed by atoms with Gasteiger partial charge in [0.05, 0.1) is 0 Å². The number of hydrogen-bond acceptors (Lipinski definition) is 6. The van der Waals surface area contributed by atoms with Crippen molar-refractivity contribution in [1.29, 1.82) is 0 Å². The van der Waals surface area contributed by atoms with Gasteiger partial charge in [-0.3, -0.25) is 20.2 Å². The van der Waals surface area contributed by atoms with Crippen LogP contribution in [-0.4, -0.2) is 59.4 Å². The second-order valence-corrected chi connectivity index (χ2v) is 6.92. The van der Waals surface area contributed by atoms with Crippen molar-refractivity contribution in [2.45, 2.75) is 12.5 Å². The number of imide groups is 2. The third kappa shape index (κ3) is 4.04. The average molecular weight is 318 g/mol. The van der Waals surface area contributed by atoms with Crippen LogP contribution >= 0.6 is 21.6 Å². The summed E-state index contributed by atoms with van der Waals surface area (Å²) in [6.07, 6.45) is 0.567. The molecule has 1 unspecified atom stereocenters. The van der Waals surface area contributed by atoms with Crippen molar-refractivity contribution >= 4 is 45.5 Å². The molecule has 6 amide bonds. The molecule has 8 nitrogen and oxygen atoms in total. The Hall–Kier alpha value is -1.42. The number of amides is 6. The van der Waals surface area contributed by atoms with E-state index in [4.69, 9.17) is 0 Å². The molecule has 10 heteroatoms. The molecule has 2 heterocycles. The summed E-state index contributed by atoms with van der Waals surface area (Å²) in [7, 11) is 3.14. The number of rotatable bonds is 7. The smallest absolute Gasteiger partial charge is 0.324 e. The molecular weight excluding hydrogens is 304 g/mol. The van der Waals surface area contributed by atoms with E-state index in [2.05, 4.69) is 16.0 Å². The molecular formula is C10H14N4O4S2. The Labute approximate surface area is 123 Å². The van der Waals surface area contributed by atoms with E-state index in [9.17, 15) is 19.2 Å². The third-order valence-electron chi connectivity index (χ3n) is 2.74. The lowest BCUT2D eigenvalue weighted by molar-refractivity contribution is -0.120. The van der Waals surface area contributed by atoms with Crippen molar-refractivity contribution < 1.29 is 19.2 Å². The summed E-state index contributed by atoms with van der Waals surface area (Å²) in [5.41, 5.74) is 0. The molecule has 0 aromatic rings. The standard InChI is InChI=1S/C10H14N4O4S2/c15-7-5-14(10(18)12-7)2-4-20-19-3-1-6-8(16)13-9(17)11-6/h6H,1-5H2,(H,12,15,18)(H2,11,13,16,17). The number of carbonyl (C=O) groups excluding carboxylic acids is 4. The van der Waals surface area contributed by atoms with Gasteiger partial charge in [-0.2, -0.15) is 0 Å². The zero-order chi connectivity index (χ0) is 14.5. The van der Waals surface area contributed by atoms with Crippen LogP contribution in [0.4, 0.5) is 9.59 Å². The van der Waals surface area contributed by atoms with Crippen LogP contribution in [0, 0.1) is 0 Å². The van der Waals surface area contributed by atoms with Crippen LogP contribution in [0.5, 0.6) is 0 Å². The van der Waals surface area contributed by atoms with Gasteiger partial charge in [0.25, 0.3) is 5.91 Å². The topological polar surface area (TPSA) is 108 Å². The number of hydrogen-bond donors (Lipinski definition) is 3. The first-order valence-corrected chi connectivity index (χ1v) is 8.49. The number of urea groups is 2. The Morgan fingerprint density at radius 1 is 1.10 bits per heavy atom. The van der Waals surface area contributed by atoms with Crippen molar-refractivity contribution in [3.8, 4) is 0 Å². The zero-order valence-electron chi connectivity index (χ0n) is 10.5. The van der Waals surface area contributed by atoms with Gasteiger partial charge in [0, 0.05) is 18.1 Å². The molecule has 20 heavy (non-hydrogen) atoms. The van der Waals surface area contributed by atoms with E-state index in [-0.39, 0.29) is 24.4 Å². The minimum Gasteiger partial charge on any atom is -0.326 e. The summed E-state index contributed by atoms with van der Waals surface area (Å²) in [5, 5.41) is 6.92. The van der Waals surface area contributed by atoms with Gasteiger partial charge in [-0.1, -0.05) is 21.6 Å². The van der Waals surface area contributed by atoms with Crippen LogP contribution in [0.3, 0.4) is 0 Å². The Bertz CT molecular complexity index is 405. The van der Waals surface area contributed by atoms with E-state index in [0.29, 0.717) is 24.5 Å². The molecule has 0 spiro atoms. The SMILES string of the molecule is O=C1CN(CCSSCCC2NC(=O)NC2=O)C(=O)N1. The zero-order valence-corrected chi connectivity index (χ0v) is 12.1. The van der Waals surface area contributed by atoms with Crippen LogP contribution in [0.1, 0.15) is 6.42 Å². The summed E-state index contributed by atoms with van der Waals surface area (Å²) in [6, 6.07) is -1.23. The highest BCUT2D eigenvalue weighted by Crippen LogP contribution is 2.23. The molecule has 2 aliphatic rings. The molecule has 1 atom stereocenters. The van der Waals surface area contributed by atoms with Crippen LogP contribution in [-0.2, 0) is 9.59 Å². The molecule has 0 aliphatic carbocycles. The van der Waals surface area contributed by atoms with E-state index in [0.717, 1.165) is 0 Å². The maximum absolute atomic E-state index is 11.3. The fourth-order valence-corrected chi connectivity index (χ4v) is 3.84. The molecule has 2 fully saturated rings. The highest BCUT2D eigenvalue weighted by molar-refractivity contribution is 8.76. The average Bonchev–Trinajstić information content (AvgIpc) is 2.86. The Kier molecular flexibility index (Phi) is 5.12. The minimum absolute atomic E-state index is 0.123. The van der Waals surface area contributed by atoms with Gasteiger partial charge in [0.15, 0.2) is 0 Å². The predicted molar refractivity (Wildman–Crippen MR) is 75.1 cm³/mol. The second kappa shape index (κ2) is 6.84. The van der Waals surface area contributed by atoms with E-state index < -0.39 is 12.1 Å². The number of nitrogens with zero attached hydrogens (tertiary/aromatic N) is 1. The van der Waals surface area contributed by atoms with Crippen LogP contribution < -0.4 is 16.0 Å². The monoisotopic (exact) mass is 318 g/mol. The first-order valence-electron chi connectivity index (χ1n) is 6.01. The van der Waals surface area contributed by atoms with Crippen LogP contribution in [0.25, 0.3) is 0 Å². The molecule has 0 aromatic heterocycles. The van der Waals surface area contributed by atoms with Gasteiger partial charge in [0.1, 0.15) is 12.6 Å². The molecule has 0 saturated carbocycles. The number of nitrogens with one attached hydrogen (secondary N) is 3. The van der Waals surface area contributed by atoms with Crippen LogP contribution in [0.2, 0.25) is 0 Å². The predicted octanol–water partition coefficient (Wildman–Crippen LogP) is -0.482. The lowest BCUT2D eigenvalue weighted by atomic mass is 10.2. The van der Waals surface area contributed by atoms with E-state index >= 15 is 0 Å². The first kappa shape index (κ1) is 15.0. The summed E-state index contributed by atoms with van der Waals surface area (Å²) >= 11 is 0. The Balaban J connectivity index is 1.52. The van der Waals surface area contributed by atoms with Gasteiger partial charge >= 0.3 is 12.1 Å². The minimum atomic E-state index is -0.447. The second-order valence-electron chi connectivity index (χ2n) is 4.22. The first-order chi connectivity index (χ1) is 9.56. The Morgan fingerprint density at radius 3 is 2.45 bits per heavy atom. The van der Waals surface area contributed by atoms with E-state index in [1.54, 1.807) is 21.6 Å². The Morgan fingerprint density at radius 2 is 1.85 bits per heavy atom. The van der Waals surface area contributed by atoms with Gasteiger partial charge in [-0.05, 0) is 6.42 Å². The van der Waals surface area contributed by atoms with Crippen molar-refractivity contribution in [2.24, 2.45) is 0 Å². The van der Waals surface area contributed by atoms with Crippen molar-refractivity contribution in [2.75, 3.05) is 24.6 Å². The van der Waals surface area contributed by atoms with Gasteiger partial charge in [0.2, 0.25) is 5.91 Å². The van der Waals surface area contributed by atoms with Gasteiger partial charge < -0.3 is 10.2 Å². The fraction of sp³-hybridized carbons (Fsp3) is 0.600. The fourth-order valence-electron chi connectivity index (χ4n) is 1.76. The van der Waals surface area contributed by atoms with Gasteiger partial charge in [-0.15, -0.1) is 0 Å². The lowest BCUT2D eigenvalue weighted by Gasteiger charge is -2.12. The molecule has 110 valence electrons. The molecule has 2 rings (SSSR count). The maximum Gasteiger partial charge on any atom is 0.324 e. The molecule has 2 aliphatic heterocycles. The normalized spacial score (nSPS) is 22.0. The number of carbonyl (C=O) groups is 4. The third-order valence-corrected chi connectivity index (χ3v) is 5.16. The van der Waals surface area contributed by atoms with Crippen molar-refractivity contribution in [3.05, 3.63) is 0 Å². The van der Waals surface area contributed by atoms with Crippen molar-refractivity contribution in [3.63, 3.8) is 0 Å². The lowest BCUT2D eigenvalue weighted by Crippen LogP contribution is -2.30. The molecule has 0 radical (unpaired) electrons. The molecule has 3 N–H and O–H groups in total. The molecule has 0 aromatic carbocycles. The van der Waals surface area contributed by atoms with Crippen molar-refractivity contribution in [1.82, 2.24) is 20.9 Å². The largest absolute Gasteiger partial charge is 0.326 e. The maximum atomic E-state index is 11.3. The van der Waals surface area contributed by atoms with E-state index in [1.165, 1.54) is 4.90 Å². The highest BCUT2D eigenvalue weighted by Gasteiger charge is 2.29. The highest BCUT2D eigenvalue weighted by atomic mass is 33.1.